The lowest BCUT2D eigenvalue weighted by Crippen LogP contribution is -2.36. The van der Waals surface area contributed by atoms with Gasteiger partial charge in [-0.1, -0.05) is 12.1 Å². The van der Waals surface area contributed by atoms with Gasteiger partial charge in [0.1, 0.15) is 5.82 Å². The molecular weight excluding hydrogens is 320 g/mol. The van der Waals surface area contributed by atoms with Crippen LogP contribution in [0.5, 0.6) is 0 Å². The van der Waals surface area contributed by atoms with Crippen molar-refractivity contribution in [2.75, 3.05) is 13.6 Å². The largest absolute Gasteiger partial charge is 0.339 e. The zero-order chi connectivity index (χ0) is 18.1. The van der Waals surface area contributed by atoms with Gasteiger partial charge in [0, 0.05) is 26.1 Å². The van der Waals surface area contributed by atoms with Crippen LogP contribution in [-0.4, -0.2) is 51.2 Å². The van der Waals surface area contributed by atoms with Crippen molar-refractivity contribution in [2.24, 2.45) is 5.92 Å². The Balaban J connectivity index is 1.74. The van der Waals surface area contributed by atoms with Crippen LogP contribution < -0.4 is 5.56 Å². The summed E-state index contributed by atoms with van der Waals surface area (Å²) in [6.45, 7) is 4.53. The summed E-state index contributed by atoms with van der Waals surface area (Å²) in [4.78, 5) is 47.1. The quantitative estimate of drug-likeness (QED) is 0.903. The van der Waals surface area contributed by atoms with E-state index in [0.29, 0.717) is 23.3 Å². The van der Waals surface area contributed by atoms with Crippen molar-refractivity contribution in [1.29, 1.82) is 0 Å². The molecule has 2 heterocycles. The number of nitrogens with one attached hydrogen (secondary N) is 1. The Morgan fingerprint density at radius 3 is 2.76 bits per heavy atom. The monoisotopic (exact) mass is 342 g/mol. The van der Waals surface area contributed by atoms with Gasteiger partial charge in [0.05, 0.1) is 23.4 Å². The Kier molecular flexibility index (Phi) is 4.57. The first-order valence-corrected chi connectivity index (χ1v) is 8.39. The van der Waals surface area contributed by atoms with Gasteiger partial charge >= 0.3 is 0 Å². The maximum atomic E-state index is 12.6. The fourth-order valence-electron chi connectivity index (χ4n) is 3.22. The van der Waals surface area contributed by atoms with Gasteiger partial charge in [-0.3, -0.25) is 14.4 Å². The van der Waals surface area contributed by atoms with Crippen LogP contribution in [0.15, 0.2) is 29.1 Å². The molecule has 0 aliphatic carbocycles. The lowest BCUT2D eigenvalue weighted by atomic mass is 10.1. The standard InChI is InChI=1S/C18H22N4O3/c1-11(2)22-9-12(8-16(22)23)18(25)21(3)10-15-19-14-7-5-4-6-13(14)17(24)20-15/h4-7,11-12H,8-10H2,1-3H3,(H,19,20,24)/t12-/m0/s1. The fourth-order valence-corrected chi connectivity index (χ4v) is 3.22. The van der Waals surface area contributed by atoms with E-state index in [2.05, 4.69) is 9.97 Å². The van der Waals surface area contributed by atoms with Crippen molar-refractivity contribution in [3.8, 4) is 0 Å². The Bertz CT molecular complexity index is 874. The Morgan fingerprint density at radius 2 is 2.08 bits per heavy atom. The topological polar surface area (TPSA) is 86.4 Å². The Morgan fingerprint density at radius 1 is 1.36 bits per heavy atom. The number of carbonyl (C=O) groups is 2. The first kappa shape index (κ1) is 17.1. The van der Waals surface area contributed by atoms with Gasteiger partial charge in [-0.25, -0.2) is 4.98 Å². The van der Waals surface area contributed by atoms with Gasteiger partial charge in [0.15, 0.2) is 0 Å². The minimum Gasteiger partial charge on any atom is -0.339 e. The highest BCUT2D eigenvalue weighted by Gasteiger charge is 2.36. The van der Waals surface area contributed by atoms with Crippen molar-refractivity contribution in [3.05, 3.63) is 40.4 Å². The van der Waals surface area contributed by atoms with E-state index in [-0.39, 0.29) is 42.3 Å². The fraction of sp³-hybridized carbons (Fsp3) is 0.444. The number of carbonyl (C=O) groups excluding carboxylic acids is 2. The number of hydrogen-bond acceptors (Lipinski definition) is 4. The van der Waals surface area contributed by atoms with Crippen LogP contribution >= 0.6 is 0 Å². The molecule has 7 heteroatoms. The number of amides is 2. The molecule has 1 atom stereocenters. The van der Waals surface area contributed by atoms with E-state index in [1.54, 1.807) is 30.1 Å². The van der Waals surface area contributed by atoms with E-state index in [1.165, 1.54) is 4.90 Å². The highest BCUT2D eigenvalue weighted by Crippen LogP contribution is 2.22. The van der Waals surface area contributed by atoms with E-state index < -0.39 is 0 Å². The van der Waals surface area contributed by atoms with Crippen LogP contribution in [0.1, 0.15) is 26.1 Å². The molecular formula is C18H22N4O3. The molecule has 25 heavy (non-hydrogen) atoms. The van der Waals surface area contributed by atoms with Crippen LogP contribution in [-0.2, 0) is 16.1 Å². The summed E-state index contributed by atoms with van der Waals surface area (Å²) < 4.78 is 0. The molecule has 1 N–H and O–H groups in total. The molecule has 0 radical (unpaired) electrons. The Hall–Kier alpha value is -2.70. The molecule has 1 aliphatic heterocycles. The smallest absolute Gasteiger partial charge is 0.258 e. The summed E-state index contributed by atoms with van der Waals surface area (Å²) in [7, 11) is 1.67. The van der Waals surface area contributed by atoms with Gasteiger partial charge in [-0.15, -0.1) is 0 Å². The van der Waals surface area contributed by atoms with Gasteiger partial charge in [0.25, 0.3) is 5.56 Å². The number of aromatic nitrogens is 2. The van der Waals surface area contributed by atoms with Crippen molar-refractivity contribution < 1.29 is 9.59 Å². The minimum absolute atomic E-state index is 0.0130. The summed E-state index contributed by atoms with van der Waals surface area (Å²) >= 11 is 0. The number of likely N-dealkylation sites (tertiary alicyclic amines) is 1. The predicted octanol–water partition coefficient (Wildman–Crippen LogP) is 1.14. The van der Waals surface area contributed by atoms with E-state index in [0.717, 1.165) is 0 Å². The second kappa shape index (κ2) is 6.66. The summed E-state index contributed by atoms with van der Waals surface area (Å²) in [5.41, 5.74) is 0.382. The molecule has 7 nitrogen and oxygen atoms in total. The molecule has 1 aromatic carbocycles. The maximum absolute atomic E-state index is 12.6. The normalized spacial score (nSPS) is 17.5. The summed E-state index contributed by atoms with van der Waals surface area (Å²) in [6, 6.07) is 7.18. The molecule has 0 saturated carbocycles. The molecule has 0 unspecified atom stereocenters. The van der Waals surface area contributed by atoms with Gasteiger partial charge in [-0.2, -0.15) is 0 Å². The average Bonchev–Trinajstić information content (AvgIpc) is 2.96. The summed E-state index contributed by atoms with van der Waals surface area (Å²) in [5.74, 6) is 0.00274. The third-order valence-electron chi connectivity index (χ3n) is 4.56. The van der Waals surface area contributed by atoms with E-state index >= 15 is 0 Å². The number of benzene rings is 1. The van der Waals surface area contributed by atoms with E-state index in [1.807, 2.05) is 19.9 Å². The van der Waals surface area contributed by atoms with Gasteiger partial charge in [-0.05, 0) is 26.0 Å². The molecule has 1 aliphatic rings. The summed E-state index contributed by atoms with van der Waals surface area (Å²) in [5, 5.41) is 0.522. The Labute approximate surface area is 145 Å². The lowest BCUT2D eigenvalue weighted by Gasteiger charge is -2.23. The first-order chi connectivity index (χ1) is 11.9. The number of hydrogen-bond donors (Lipinski definition) is 1. The third-order valence-corrected chi connectivity index (χ3v) is 4.56. The number of para-hydroxylation sites is 1. The first-order valence-electron chi connectivity index (χ1n) is 8.39. The molecule has 0 bridgehead atoms. The number of aromatic amines is 1. The van der Waals surface area contributed by atoms with Crippen molar-refractivity contribution >= 4 is 22.7 Å². The summed E-state index contributed by atoms with van der Waals surface area (Å²) in [6.07, 6.45) is 0.239. The third kappa shape index (κ3) is 3.40. The van der Waals surface area contributed by atoms with Crippen molar-refractivity contribution in [2.45, 2.75) is 32.9 Å². The number of H-pyrrole nitrogens is 1. The maximum Gasteiger partial charge on any atom is 0.258 e. The highest BCUT2D eigenvalue weighted by molar-refractivity contribution is 5.89. The second-order valence-corrected chi connectivity index (χ2v) is 6.76. The van der Waals surface area contributed by atoms with Crippen LogP contribution in [0.25, 0.3) is 10.9 Å². The SMILES string of the molecule is CC(C)N1C[C@@H](C(=O)N(C)Cc2nc3ccccc3c(=O)[nH]2)CC1=O. The van der Waals surface area contributed by atoms with Crippen LogP contribution in [0, 0.1) is 5.92 Å². The van der Waals surface area contributed by atoms with E-state index in [9.17, 15) is 14.4 Å². The van der Waals surface area contributed by atoms with Crippen LogP contribution in [0.2, 0.25) is 0 Å². The van der Waals surface area contributed by atoms with Crippen molar-refractivity contribution in [1.82, 2.24) is 19.8 Å². The van der Waals surface area contributed by atoms with Gasteiger partial charge in [0.2, 0.25) is 11.8 Å². The molecule has 2 aromatic rings. The zero-order valence-corrected chi connectivity index (χ0v) is 14.7. The molecule has 1 saturated heterocycles. The number of fused-ring (bicyclic) bond motifs is 1. The van der Waals surface area contributed by atoms with Crippen LogP contribution in [0.3, 0.4) is 0 Å². The second-order valence-electron chi connectivity index (χ2n) is 6.76. The molecule has 0 spiro atoms. The number of nitrogens with zero attached hydrogens (tertiary/aromatic N) is 3. The zero-order valence-electron chi connectivity index (χ0n) is 14.7. The van der Waals surface area contributed by atoms with E-state index in [4.69, 9.17) is 0 Å². The highest BCUT2D eigenvalue weighted by atomic mass is 16.2. The molecule has 132 valence electrons. The number of rotatable bonds is 4. The molecule has 2 amide bonds. The van der Waals surface area contributed by atoms with Gasteiger partial charge < -0.3 is 14.8 Å². The predicted molar refractivity (Wildman–Crippen MR) is 93.8 cm³/mol. The molecule has 3 rings (SSSR count). The van der Waals surface area contributed by atoms with Crippen molar-refractivity contribution in [3.63, 3.8) is 0 Å². The molecule has 1 fully saturated rings. The van der Waals surface area contributed by atoms with Crippen LogP contribution in [0.4, 0.5) is 0 Å². The average molecular weight is 342 g/mol. The molecule has 1 aromatic heterocycles. The lowest BCUT2D eigenvalue weighted by molar-refractivity contribution is -0.135. The minimum atomic E-state index is -0.341.